The number of pyridine rings is 1. The lowest BCUT2D eigenvalue weighted by Crippen LogP contribution is -2.30. The fraction of sp³-hybridized carbons (Fsp3) is 0.136. The minimum atomic E-state index is -3.94. The van der Waals surface area contributed by atoms with Gasteiger partial charge in [-0.25, -0.2) is 14.0 Å². The third-order valence-corrected chi connectivity index (χ3v) is 5.89. The van der Waals surface area contributed by atoms with Crippen LogP contribution < -0.4 is 18.5 Å². The molecule has 0 radical (unpaired) electrons. The van der Waals surface area contributed by atoms with E-state index in [1.165, 1.54) is 0 Å². The quantitative estimate of drug-likeness (QED) is 0.586. The monoisotopic (exact) mass is 439 g/mol. The maximum atomic E-state index is 12.4. The third-order valence-electron chi connectivity index (χ3n) is 4.61. The second-order valence-electron chi connectivity index (χ2n) is 6.84. The molecule has 2 heterocycles. The van der Waals surface area contributed by atoms with Crippen LogP contribution in [0.25, 0.3) is 0 Å². The van der Waals surface area contributed by atoms with Crippen molar-refractivity contribution in [1.29, 1.82) is 0 Å². The van der Waals surface area contributed by atoms with Crippen molar-refractivity contribution >= 4 is 15.9 Å². The highest BCUT2D eigenvalue weighted by atomic mass is 32.2. The van der Waals surface area contributed by atoms with Gasteiger partial charge in [-0.1, -0.05) is 42.5 Å². The Morgan fingerprint density at radius 1 is 1.03 bits per heavy atom. The van der Waals surface area contributed by atoms with E-state index >= 15 is 0 Å². The standard InChI is InChI=1S/C22H21N3O5S/c1-29-22-9-5-8-18(23-22)12-17-10-11-19(25-14-21(26)24-31(25,27)28)20(13-17)30-15-16-6-3-2-4-7-16/h2-11,13-14,24,26H,12,15H2,1H3. The van der Waals surface area contributed by atoms with Crippen LogP contribution in [0.15, 0.2) is 78.8 Å². The van der Waals surface area contributed by atoms with E-state index in [2.05, 4.69) is 4.98 Å². The Hall–Kier alpha value is -3.72. The van der Waals surface area contributed by atoms with Gasteiger partial charge in [0.1, 0.15) is 18.0 Å². The number of benzene rings is 2. The van der Waals surface area contributed by atoms with Crippen molar-refractivity contribution in [3.63, 3.8) is 0 Å². The van der Waals surface area contributed by atoms with Crippen molar-refractivity contribution in [2.24, 2.45) is 0 Å². The number of nitrogens with zero attached hydrogens (tertiary/aromatic N) is 2. The molecular weight excluding hydrogens is 418 g/mol. The van der Waals surface area contributed by atoms with Gasteiger partial charge in [0, 0.05) is 18.2 Å². The SMILES string of the molecule is COc1cccc(Cc2ccc(N3C=C(O)NS3(=O)=O)c(OCc3ccccc3)c2)n1. The van der Waals surface area contributed by atoms with Crippen molar-refractivity contribution in [2.45, 2.75) is 13.0 Å². The van der Waals surface area contributed by atoms with Gasteiger partial charge in [0.15, 0.2) is 0 Å². The normalized spacial score (nSPS) is 14.6. The first-order valence-corrected chi connectivity index (χ1v) is 10.9. The first kappa shape index (κ1) is 20.5. The molecule has 31 heavy (non-hydrogen) atoms. The van der Waals surface area contributed by atoms with E-state index in [4.69, 9.17) is 9.47 Å². The molecular formula is C22H21N3O5S. The summed E-state index contributed by atoms with van der Waals surface area (Å²) in [7, 11) is -2.38. The Morgan fingerprint density at radius 3 is 2.55 bits per heavy atom. The maximum absolute atomic E-state index is 12.4. The zero-order valence-electron chi connectivity index (χ0n) is 16.7. The number of aliphatic hydroxyl groups excluding tert-OH is 1. The number of aliphatic hydroxyl groups is 1. The number of ether oxygens (including phenoxy) is 2. The molecule has 1 aliphatic heterocycles. The van der Waals surface area contributed by atoms with Crippen LogP contribution in [0.4, 0.5) is 5.69 Å². The van der Waals surface area contributed by atoms with E-state index in [9.17, 15) is 13.5 Å². The van der Waals surface area contributed by atoms with Crippen LogP contribution in [0.5, 0.6) is 11.6 Å². The van der Waals surface area contributed by atoms with Gasteiger partial charge in [-0.05, 0) is 29.3 Å². The first-order valence-electron chi connectivity index (χ1n) is 9.47. The van der Waals surface area contributed by atoms with E-state index in [1.54, 1.807) is 31.4 Å². The molecule has 4 rings (SSSR count). The number of anilines is 1. The number of rotatable bonds is 7. The van der Waals surface area contributed by atoms with Crippen LogP contribution in [0, 0.1) is 0 Å². The third kappa shape index (κ3) is 4.72. The Balaban J connectivity index is 1.67. The molecule has 3 aromatic rings. The predicted octanol–water partition coefficient (Wildman–Crippen LogP) is 3.27. The highest BCUT2D eigenvalue weighted by molar-refractivity contribution is 7.91. The molecule has 0 unspecified atom stereocenters. The first-order chi connectivity index (χ1) is 14.9. The van der Waals surface area contributed by atoms with Crippen molar-refractivity contribution in [1.82, 2.24) is 9.71 Å². The second-order valence-corrected chi connectivity index (χ2v) is 8.39. The minimum absolute atomic E-state index is 0.256. The topological polar surface area (TPSA) is 101 Å². The van der Waals surface area contributed by atoms with Crippen LogP contribution in [0.2, 0.25) is 0 Å². The summed E-state index contributed by atoms with van der Waals surface area (Å²) in [5.74, 6) is 0.420. The van der Waals surface area contributed by atoms with E-state index in [1.807, 2.05) is 47.2 Å². The molecule has 0 aliphatic carbocycles. The van der Waals surface area contributed by atoms with Gasteiger partial charge in [-0.2, -0.15) is 8.42 Å². The fourth-order valence-corrected chi connectivity index (χ4v) is 4.23. The van der Waals surface area contributed by atoms with E-state index in [-0.39, 0.29) is 12.3 Å². The zero-order valence-corrected chi connectivity index (χ0v) is 17.5. The van der Waals surface area contributed by atoms with E-state index in [0.717, 1.165) is 27.3 Å². The molecule has 0 saturated heterocycles. The average molecular weight is 439 g/mol. The van der Waals surface area contributed by atoms with Gasteiger partial charge in [0.05, 0.1) is 13.3 Å². The van der Waals surface area contributed by atoms with Crippen molar-refractivity contribution in [2.75, 3.05) is 11.4 Å². The number of hydrogen-bond donors (Lipinski definition) is 2. The van der Waals surface area contributed by atoms with Gasteiger partial charge >= 0.3 is 10.2 Å². The van der Waals surface area contributed by atoms with Crippen LogP contribution in [-0.4, -0.2) is 25.6 Å². The largest absolute Gasteiger partial charge is 0.493 e. The Labute approximate surface area is 180 Å². The predicted molar refractivity (Wildman–Crippen MR) is 116 cm³/mol. The summed E-state index contributed by atoms with van der Waals surface area (Å²) in [5.41, 5.74) is 2.91. The summed E-state index contributed by atoms with van der Waals surface area (Å²) in [5, 5.41) is 9.66. The van der Waals surface area contributed by atoms with Crippen LogP contribution >= 0.6 is 0 Å². The molecule has 1 aromatic heterocycles. The van der Waals surface area contributed by atoms with Gasteiger partial charge in [0.25, 0.3) is 0 Å². The molecule has 2 aromatic carbocycles. The smallest absolute Gasteiger partial charge is 0.330 e. The second kappa shape index (κ2) is 8.57. The van der Waals surface area contributed by atoms with Gasteiger partial charge in [-0.3, -0.25) is 0 Å². The molecule has 2 N–H and O–H groups in total. The van der Waals surface area contributed by atoms with Gasteiger partial charge in [0.2, 0.25) is 11.8 Å². The highest BCUT2D eigenvalue weighted by Gasteiger charge is 2.31. The lowest BCUT2D eigenvalue weighted by atomic mass is 10.1. The molecule has 0 fully saturated rings. The summed E-state index contributed by atoms with van der Waals surface area (Å²) in [6.07, 6.45) is 1.61. The van der Waals surface area contributed by atoms with E-state index < -0.39 is 16.1 Å². The molecule has 9 heteroatoms. The summed E-state index contributed by atoms with van der Waals surface area (Å²) < 4.78 is 38.9. The molecule has 0 saturated carbocycles. The maximum Gasteiger partial charge on any atom is 0.330 e. The van der Waals surface area contributed by atoms with Crippen LogP contribution in [-0.2, 0) is 23.2 Å². The van der Waals surface area contributed by atoms with Crippen molar-refractivity contribution < 1.29 is 23.0 Å². The lowest BCUT2D eigenvalue weighted by molar-refractivity contribution is 0.307. The molecule has 1 aliphatic rings. The van der Waals surface area contributed by atoms with Crippen molar-refractivity contribution in [3.05, 3.63) is 95.6 Å². The molecule has 0 amide bonds. The van der Waals surface area contributed by atoms with E-state index in [0.29, 0.717) is 18.1 Å². The Bertz CT molecular complexity index is 1210. The number of aromatic nitrogens is 1. The average Bonchev–Trinajstić information content (AvgIpc) is 3.05. The summed E-state index contributed by atoms with van der Waals surface area (Å²) in [6, 6.07) is 20.3. The Morgan fingerprint density at radius 2 is 1.84 bits per heavy atom. The summed E-state index contributed by atoms with van der Waals surface area (Å²) in [6.45, 7) is 0.256. The van der Waals surface area contributed by atoms with Crippen LogP contribution in [0.1, 0.15) is 16.8 Å². The lowest BCUT2D eigenvalue weighted by Gasteiger charge is -2.19. The van der Waals surface area contributed by atoms with Crippen LogP contribution in [0.3, 0.4) is 0 Å². The number of nitrogens with one attached hydrogen (secondary N) is 1. The molecule has 0 spiro atoms. The highest BCUT2D eigenvalue weighted by Crippen LogP contribution is 2.34. The van der Waals surface area contributed by atoms with Gasteiger partial charge < -0.3 is 14.6 Å². The minimum Gasteiger partial charge on any atom is -0.493 e. The summed E-state index contributed by atoms with van der Waals surface area (Å²) in [4.78, 5) is 4.42. The van der Waals surface area contributed by atoms with Gasteiger partial charge in [-0.15, -0.1) is 0 Å². The number of hydrogen-bond acceptors (Lipinski definition) is 6. The Kier molecular flexibility index (Phi) is 5.68. The number of methoxy groups -OCH3 is 1. The molecule has 8 nitrogen and oxygen atoms in total. The molecule has 0 bridgehead atoms. The molecule has 160 valence electrons. The van der Waals surface area contributed by atoms with Crippen molar-refractivity contribution in [3.8, 4) is 11.6 Å². The molecule has 0 atom stereocenters. The fourth-order valence-electron chi connectivity index (χ4n) is 3.17. The zero-order chi connectivity index (χ0) is 21.8. The summed E-state index contributed by atoms with van der Waals surface area (Å²) >= 11 is 0.